The van der Waals surface area contributed by atoms with E-state index in [1.54, 1.807) is 18.2 Å². The smallest absolute Gasteiger partial charge is 0.343 e. The molecule has 5 rings (SSSR count). The lowest BCUT2D eigenvalue weighted by Gasteiger charge is -2.22. The Labute approximate surface area is 210 Å². The number of hydrogen-bond acceptors (Lipinski definition) is 5. The lowest BCUT2D eigenvalue weighted by molar-refractivity contribution is 0.382. The largest absolute Gasteiger partial charge is 0.507 e. The normalized spacial score (nSPS) is 17.2. The van der Waals surface area contributed by atoms with Gasteiger partial charge in [-0.1, -0.05) is 36.6 Å². The summed E-state index contributed by atoms with van der Waals surface area (Å²) < 4.78 is 34.1. The van der Waals surface area contributed by atoms with Gasteiger partial charge in [0.05, 0.1) is 10.5 Å². The average Bonchev–Trinajstić information content (AvgIpc) is 3.63. The van der Waals surface area contributed by atoms with Gasteiger partial charge in [-0.25, -0.2) is 13.2 Å². The Bertz CT molecular complexity index is 1390. The zero-order chi connectivity index (χ0) is 24.6. The number of benzene rings is 2. The topological polar surface area (TPSA) is 96.6 Å². The molecule has 0 saturated heterocycles. The molecule has 1 atom stereocenters. The Morgan fingerprint density at radius 1 is 1.00 bits per heavy atom. The van der Waals surface area contributed by atoms with Crippen molar-refractivity contribution in [3.05, 3.63) is 86.4 Å². The standard InChI is InChI=1S/C27H28ClNO5S/c28-19-12-14-21(15-13-19)35(32,33)29-20-7-5-6-18(16-20)24(17-10-11-17)25-26(30)22-8-3-1-2-4-9-23(22)34-27(25)31/h5-7,12-17,24,29-30H,1-4,8-11H2. The number of anilines is 1. The van der Waals surface area contributed by atoms with E-state index in [0.717, 1.165) is 49.7 Å². The van der Waals surface area contributed by atoms with Crippen LogP contribution in [0.5, 0.6) is 5.75 Å². The van der Waals surface area contributed by atoms with Gasteiger partial charge in [-0.05, 0) is 80.0 Å². The summed E-state index contributed by atoms with van der Waals surface area (Å²) in [6.07, 6.45) is 7.29. The van der Waals surface area contributed by atoms with Crippen LogP contribution in [0.15, 0.2) is 62.6 Å². The summed E-state index contributed by atoms with van der Waals surface area (Å²) in [5.74, 6) is 0.498. The van der Waals surface area contributed by atoms with E-state index < -0.39 is 15.6 Å². The molecule has 184 valence electrons. The third-order valence-corrected chi connectivity index (χ3v) is 8.57. The SMILES string of the molecule is O=c1oc2c(c(O)c1C(c1cccc(NS(=O)(=O)c3ccc(Cl)cc3)c1)C1CC1)CCCCCC2. The molecule has 2 aromatic carbocycles. The van der Waals surface area contributed by atoms with Crippen molar-refractivity contribution in [1.82, 2.24) is 0 Å². The van der Waals surface area contributed by atoms with E-state index in [9.17, 15) is 18.3 Å². The van der Waals surface area contributed by atoms with Gasteiger partial charge in [0.1, 0.15) is 11.5 Å². The van der Waals surface area contributed by atoms with Gasteiger partial charge in [-0.2, -0.15) is 0 Å². The molecule has 3 aromatic rings. The van der Waals surface area contributed by atoms with Gasteiger partial charge in [0.2, 0.25) is 0 Å². The quantitative estimate of drug-likeness (QED) is 0.421. The monoisotopic (exact) mass is 513 g/mol. The third-order valence-electron chi connectivity index (χ3n) is 6.92. The molecule has 6 nitrogen and oxygen atoms in total. The molecular weight excluding hydrogens is 486 g/mol. The van der Waals surface area contributed by atoms with Gasteiger partial charge in [-0.3, -0.25) is 4.72 Å². The molecule has 0 aliphatic heterocycles. The number of sulfonamides is 1. The first-order valence-corrected chi connectivity index (χ1v) is 14.0. The Morgan fingerprint density at radius 3 is 2.43 bits per heavy atom. The highest BCUT2D eigenvalue weighted by atomic mass is 35.5. The first-order valence-electron chi connectivity index (χ1n) is 12.1. The van der Waals surface area contributed by atoms with Gasteiger partial charge >= 0.3 is 5.63 Å². The summed E-state index contributed by atoms with van der Waals surface area (Å²) in [5.41, 5.74) is 1.72. The van der Waals surface area contributed by atoms with Crippen LogP contribution in [0.2, 0.25) is 5.02 Å². The highest BCUT2D eigenvalue weighted by Crippen LogP contribution is 2.49. The van der Waals surface area contributed by atoms with Crippen molar-refractivity contribution in [2.75, 3.05) is 4.72 Å². The molecule has 2 N–H and O–H groups in total. The van der Waals surface area contributed by atoms with Gasteiger partial charge in [0.15, 0.2) is 0 Å². The lowest BCUT2D eigenvalue weighted by Crippen LogP contribution is -2.19. The molecule has 0 bridgehead atoms. The van der Waals surface area contributed by atoms with Crippen LogP contribution in [-0.2, 0) is 22.9 Å². The van der Waals surface area contributed by atoms with Crippen LogP contribution in [0, 0.1) is 5.92 Å². The molecule has 1 unspecified atom stereocenters. The van der Waals surface area contributed by atoms with E-state index in [0.29, 0.717) is 34.9 Å². The molecule has 0 radical (unpaired) electrons. The maximum Gasteiger partial charge on any atom is 0.343 e. The summed E-state index contributed by atoms with van der Waals surface area (Å²) in [6.45, 7) is 0. The number of nitrogens with one attached hydrogen (secondary N) is 1. The first-order chi connectivity index (χ1) is 16.8. The fourth-order valence-electron chi connectivity index (χ4n) is 5.02. The highest BCUT2D eigenvalue weighted by molar-refractivity contribution is 7.92. The molecule has 1 aromatic heterocycles. The predicted octanol–water partition coefficient (Wildman–Crippen LogP) is 6.00. The zero-order valence-electron chi connectivity index (χ0n) is 19.3. The molecule has 0 spiro atoms. The summed E-state index contributed by atoms with van der Waals surface area (Å²) >= 11 is 5.89. The van der Waals surface area contributed by atoms with Gasteiger partial charge < -0.3 is 9.52 Å². The minimum atomic E-state index is -3.82. The number of fused-ring (bicyclic) bond motifs is 1. The molecular formula is C27H28ClNO5S. The maximum absolute atomic E-state index is 13.1. The van der Waals surface area contributed by atoms with E-state index >= 15 is 0 Å². The van der Waals surface area contributed by atoms with Crippen molar-refractivity contribution in [3.63, 3.8) is 0 Å². The number of rotatable bonds is 6. The zero-order valence-corrected chi connectivity index (χ0v) is 20.9. The first kappa shape index (κ1) is 23.9. The summed E-state index contributed by atoms with van der Waals surface area (Å²) in [5, 5.41) is 11.7. The van der Waals surface area contributed by atoms with Gasteiger partial charge in [-0.15, -0.1) is 0 Å². The van der Waals surface area contributed by atoms with E-state index in [4.69, 9.17) is 16.0 Å². The molecule has 1 saturated carbocycles. The lowest BCUT2D eigenvalue weighted by atomic mass is 9.85. The number of aryl methyl sites for hydroxylation is 1. The van der Waals surface area contributed by atoms with Crippen LogP contribution in [0.25, 0.3) is 0 Å². The Morgan fingerprint density at radius 2 is 1.71 bits per heavy atom. The maximum atomic E-state index is 13.1. The van der Waals surface area contributed by atoms with Crippen LogP contribution in [0.1, 0.15) is 66.9 Å². The minimum Gasteiger partial charge on any atom is -0.507 e. The van der Waals surface area contributed by atoms with Crippen molar-refractivity contribution >= 4 is 27.3 Å². The van der Waals surface area contributed by atoms with Crippen LogP contribution in [0.4, 0.5) is 5.69 Å². The second kappa shape index (κ2) is 9.70. The van der Waals surface area contributed by atoms with E-state index in [1.165, 1.54) is 24.3 Å². The second-order valence-corrected chi connectivity index (χ2v) is 11.6. The average molecular weight is 514 g/mol. The number of hydrogen-bond donors (Lipinski definition) is 2. The van der Waals surface area contributed by atoms with E-state index in [2.05, 4.69) is 4.72 Å². The second-order valence-electron chi connectivity index (χ2n) is 9.47. The molecule has 1 heterocycles. The molecule has 8 heteroatoms. The Kier molecular flexibility index (Phi) is 6.64. The molecule has 1 fully saturated rings. The van der Waals surface area contributed by atoms with Crippen molar-refractivity contribution in [1.29, 1.82) is 0 Å². The van der Waals surface area contributed by atoms with Gasteiger partial charge in [0.25, 0.3) is 10.0 Å². The molecule has 2 aliphatic carbocycles. The van der Waals surface area contributed by atoms with Gasteiger partial charge in [0, 0.05) is 28.6 Å². The summed E-state index contributed by atoms with van der Waals surface area (Å²) in [7, 11) is -3.82. The number of halogens is 1. The minimum absolute atomic E-state index is 0.0576. The molecule has 0 amide bonds. The fraction of sp³-hybridized carbons (Fsp3) is 0.370. The highest BCUT2D eigenvalue weighted by Gasteiger charge is 2.38. The third kappa shape index (κ3) is 5.11. The van der Waals surface area contributed by atoms with Crippen LogP contribution in [0.3, 0.4) is 0 Å². The van der Waals surface area contributed by atoms with E-state index in [-0.39, 0.29) is 22.5 Å². The van der Waals surface area contributed by atoms with Crippen LogP contribution >= 0.6 is 11.6 Å². The van der Waals surface area contributed by atoms with Crippen LogP contribution in [-0.4, -0.2) is 13.5 Å². The fourth-order valence-corrected chi connectivity index (χ4v) is 6.20. The van der Waals surface area contributed by atoms with Crippen molar-refractivity contribution in [2.45, 2.75) is 62.2 Å². The van der Waals surface area contributed by atoms with Crippen molar-refractivity contribution in [2.24, 2.45) is 5.92 Å². The predicted molar refractivity (Wildman–Crippen MR) is 136 cm³/mol. The summed E-state index contributed by atoms with van der Waals surface area (Å²) in [4.78, 5) is 13.2. The van der Waals surface area contributed by atoms with Crippen molar-refractivity contribution in [3.8, 4) is 5.75 Å². The molecule has 35 heavy (non-hydrogen) atoms. The van der Waals surface area contributed by atoms with Crippen molar-refractivity contribution < 1.29 is 17.9 Å². The Hall–Kier alpha value is -2.77. The summed E-state index contributed by atoms with van der Waals surface area (Å²) in [6, 6.07) is 13.0. The van der Waals surface area contributed by atoms with E-state index in [1.807, 2.05) is 6.07 Å². The molecule has 2 aliphatic rings. The van der Waals surface area contributed by atoms with Crippen LogP contribution < -0.4 is 10.3 Å². The number of aromatic hydroxyl groups is 1. The Balaban J connectivity index is 1.52.